The summed E-state index contributed by atoms with van der Waals surface area (Å²) in [4.78, 5) is 50.0. The molecule has 0 aromatic heterocycles. The number of hydrogen-bond donors (Lipinski definition) is 3. The number of carboxylic acid groups (broad SMARTS) is 1. The third-order valence-corrected chi connectivity index (χ3v) is 6.85. The summed E-state index contributed by atoms with van der Waals surface area (Å²) in [6, 6.07) is 5.53. The van der Waals surface area contributed by atoms with E-state index in [0.29, 0.717) is 0 Å². The van der Waals surface area contributed by atoms with E-state index in [9.17, 15) is 28.5 Å². The van der Waals surface area contributed by atoms with Crippen molar-refractivity contribution >= 4 is 33.6 Å². The molecule has 0 aliphatic heterocycles. The standard InChI is InChI=1S/C25H39N3O7S/c1-16(2)13-19(27-24(33)35-25(5,6)7)22(30)28-36(34,18-11-9-8-10-12-18)15-21(29)26-20(23(31)32)14-17(3)4/h8-12,16-17,19-20H,13-15H2,1-7H3,(H,26,29)(H,27,33)(H,31,32)/t19-,20-,36?/m0/s1. The topological polar surface area (TPSA) is 151 Å². The maximum absolute atomic E-state index is 13.9. The van der Waals surface area contributed by atoms with Crippen molar-refractivity contribution in [2.45, 2.75) is 83.9 Å². The van der Waals surface area contributed by atoms with Crippen LogP contribution in [0, 0.1) is 11.8 Å². The molecular formula is C25H39N3O7S. The van der Waals surface area contributed by atoms with Crippen LogP contribution in [-0.4, -0.2) is 56.6 Å². The van der Waals surface area contributed by atoms with Crippen LogP contribution in [0.3, 0.4) is 0 Å². The van der Waals surface area contributed by atoms with Gasteiger partial charge in [0.25, 0.3) is 5.91 Å². The number of carbonyl (C=O) groups excluding carboxylic acids is 3. The molecule has 1 aromatic rings. The Morgan fingerprint density at radius 1 is 0.944 bits per heavy atom. The average molecular weight is 526 g/mol. The van der Waals surface area contributed by atoms with E-state index < -0.39 is 57.0 Å². The van der Waals surface area contributed by atoms with E-state index >= 15 is 0 Å². The minimum Gasteiger partial charge on any atom is -0.480 e. The van der Waals surface area contributed by atoms with Crippen molar-refractivity contribution in [3.8, 4) is 0 Å². The normalized spacial score (nSPS) is 14.9. The van der Waals surface area contributed by atoms with Gasteiger partial charge in [0, 0.05) is 4.90 Å². The number of alkyl carbamates (subject to hydrolysis) is 1. The second-order valence-corrected chi connectivity index (χ2v) is 12.7. The first kappa shape index (κ1) is 31.1. The van der Waals surface area contributed by atoms with Gasteiger partial charge in [-0.15, -0.1) is 0 Å². The Morgan fingerprint density at radius 2 is 1.47 bits per heavy atom. The molecule has 3 N–H and O–H groups in total. The van der Waals surface area contributed by atoms with E-state index in [1.165, 1.54) is 12.1 Å². The summed E-state index contributed by atoms with van der Waals surface area (Å²) in [5, 5.41) is 14.3. The van der Waals surface area contributed by atoms with Gasteiger partial charge in [-0.1, -0.05) is 45.9 Å². The first-order valence-corrected chi connectivity index (χ1v) is 13.6. The van der Waals surface area contributed by atoms with Crippen molar-refractivity contribution in [2.75, 3.05) is 5.75 Å². The highest BCUT2D eigenvalue weighted by molar-refractivity contribution is 7.94. The zero-order valence-corrected chi connectivity index (χ0v) is 22.9. The summed E-state index contributed by atoms with van der Waals surface area (Å²) in [5.74, 6) is -3.64. The lowest BCUT2D eigenvalue weighted by atomic mass is 10.0. The minimum absolute atomic E-state index is 0.00753. The molecule has 11 heteroatoms. The van der Waals surface area contributed by atoms with Gasteiger partial charge in [0.1, 0.15) is 23.4 Å². The van der Waals surface area contributed by atoms with E-state index in [0.717, 1.165) is 0 Å². The Balaban J connectivity index is 3.34. The Hall–Kier alpha value is -2.95. The number of nitrogens with one attached hydrogen (secondary N) is 2. The summed E-state index contributed by atoms with van der Waals surface area (Å²) in [7, 11) is -3.64. The number of carbonyl (C=O) groups is 4. The third kappa shape index (κ3) is 11.2. The number of amides is 3. The maximum atomic E-state index is 13.9. The van der Waals surface area contributed by atoms with E-state index in [2.05, 4.69) is 15.0 Å². The number of rotatable bonds is 11. The molecule has 0 saturated heterocycles. The Kier molecular flexibility index (Phi) is 11.6. The number of aliphatic carboxylic acids is 1. The van der Waals surface area contributed by atoms with Crippen LogP contribution in [0.4, 0.5) is 4.79 Å². The number of ether oxygens (including phenoxy) is 1. The van der Waals surface area contributed by atoms with Gasteiger partial charge in [-0.3, -0.25) is 9.59 Å². The van der Waals surface area contributed by atoms with Crippen LogP contribution in [0.1, 0.15) is 61.3 Å². The van der Waals surface area contributed by atoms with Gasteiger partial charge < -0.3 is 20.5 Å². The van der Waals surface area contributed by atoms with Crippen LogP contribution < -0.4 is 10.6 Å². The third-order valence-electron chi connectivity index (χ3n) is 4.71. The second-order valence-electron chi connectivity index (χ2n) is 10.4. The molecule has 36 heavy (non-hydrogen) atoms. The molecule has 0 bridgehead atoms. The minimum atomic E-state index is -3.64. The van der Waals surface area contributed by atoms with E-state index in [4.69, 9.17) is 4.74 Å². The SMILES string of the molecule is CC(C)C[C@H](NC(=O)CS(=O)(=NC(=O)[C@H](CC(C)C)NC(=O)OC(C)(C)C)c1ccccc1)C(=O)O. The van der Waals surface area contributed by atoms with Crippen molar-refractivity contribution in [3.05, 3.63) is 30.3 Å². The molecule has 0 saturated carbocycles. The molecule has 202 valence electrons. The van der Waals surface area contributed by atoms with Crippen LogP contribution in [0.25, 0.3) is 0 Å². The molecule has 0 fully saturated rings. The van der Waals surface area contributed by atoms with Crippen molar-refractivity contribution in [1.29, 1.82) is 0 Å². The lowest BCUT2D eigenvalue weighted by Gasteiger charge is -2.23. The molecule has 0 heterocycles. The van der Waals surface area contributed by atoms with Crippen LogP contribution in [-0.2, 0) is 28.8 Å². The Morgan fingerprint density at radius 3 is 1.94 bits per heavy atom. The fraction of sp³-hybridized carbons (Fsp3) is 0.600. The van der Waals surface area contributed by atoms with Crippen molar-refractivity contribution in [3.63, 3.8) is 0 Å². The van der Waals surface area contributed by atoms with E-state index in [-0.39, 0.29) is 29.6 Å². The number of carboxylic acids is 1. The summed E-state index contributed by atoms with van der Waals surface area (Å²) >= 11 is 0. The number of nitrogens with zero attached hydrogens (tertiary/aromatic N) is 1. The molecule has 1 unspecified atom stereocenters. The van der Waals surface area contributed by atoms with Crippen molar-refractivity contribution in [2.24, 2.45) is 16.2 Å². The van der Waals surface area contributed by atoms with Gasteiger partial charge in [0.15, 0.2) is 0 Å². The molecular weight excluding hydrogens is 486 g/mol. The zero-order valence-electron chi connectivity index (χ0n) is 22.1. The van der Waals surface area contributed by atoms with E-state index in [1.54, 1.807) is 39.0 Å². The smallest absolute Gasteiger partial charge is 0.408 e. The second kappa shape index (κ2) is 13.4. The van der Waals surface area contributed by atoms with Crippen molar-refractivity contribution < 1.29 is 33.2 Å². The molecule has 0 radical (unpaired) electrons. The molecule has 1 rings (SSSR count). The predicted octanol–water partition coefficient (Wildman–Crippen LogP) is 3.60. The highest BCUT2D eigenvalue weighted by Gasteiger charge is 2.29. The molecule has 3 amide bonds. The lowest BCUT2D eigenvalue weighted by Crippen LogP contribution is -2.45. The first-order chi connectivity index (χ1) is 16.5. The predicted molar refractivity (Wildman–Crippen MR) is 137 cm³/mol. The average Bonchev–Trinajstić information content (AvgIpc) is 2.71. The van der Waals surface area contributed by atoms with E-state index in [1.807, 2.05) is 27.7 Å². The summed E-state index contributed by atoms with van der Waals surface area (Å²) in [6.07, 6.45) is -0.438. The summed E-state index contributed by atoms with van der Waals surface area (Å²) in [6.45, 7) is 12.4. The fourth-order valence-electron chi connectivity index (χ4n) is 3.26. The summed E-state index contributed by atoms with van der Waals surface area (Å²) in [5.41, 5.74) is -0.793. The van der Waals surface area contributed by atoms with Gasteiger partial charge >= 0.3 is 12.1 Å². The summed E-state index contributed by atoms with van der Waals surface area (Å²) < 4.78 is 23.1. The van der Waals surface area contributed by atoms with Crippen molar-refractivity contribution in [1.82, 2.24) is 10.6 Å². The van der Waals surface area contributed by atoms with Crippen LogP contribution >= 0.6 is 0 Å². The highest BCUT2D eigenvalue weighted by Crippen LogP contribution is 2.17. The quantitative estimate of drug-likeness (QED) is 0.399. The molecule has 3 atom stereocenters. The number of benzene rings is 1. The van der Waals surface area contributed by atoms with Gasteiger partial charge in [-0.25, -0.2) is 13.8 Å². The lowest BCUT2D eigenvalue weighted by molar-refractivity contribution is -0.142. The zero-order chi connectivity index (χ0) is 27.7. The molecule has 0 aliphatic carbocycles. The maximum Gasteiger partial charge on any atom is 0.408 e. The molecule has 10 nitrogen and oxygen atoms in total. The number of hydrogen-bond acceptors (Lipinski definition) is 6. The Bertz CT molecular complexity index is 1040. The van der Waals surface area contributed by atoms with Gasteiger partial charge in [0.05, 0.1) is 9.73 Å². The highest BCUT2D eigenvalue weighted by atomic mass is 32.2. The monoisotopic (exact) mass is 525 g/mol. The molecule has 1 aromatic carbocycles. The van der Waals surface area contributed by atoms with Gasteiger partial charge in [-0.2, -0.15) is 4.36 Å². The van der Waals surface area contributed by atoms with Crippen LogP contribution in [0.15, 0.2) is 39.6 Å². The van der Waals surface area contributed by atoms with Crippen LogP contribution in [0.5, 0.6) is 0 Å². The molecule has 0 spiro atoms. The van der Waals surface area contributed by atoms with Gasteiger partial charge in [0.2, 0.25) is 5.91 Å². The first-order valence-electron chi connectivity index (χ1n) is 11.9. The Labute approximate surface area is 213 Å². The van der Waals surface area contributed by atoms with Gasteiger partial charge in [-0.05, 0) is 57.6 Å². The largest absolute Gasteiger partial charge is 0.480 e. The fourth-order valence-corrected chi connectivity index (χ4v) is 5.04. The molecule has 0 aliphatic rings. The van der Waals surface area contributed by atoms with Crippen LogP contribution in [0.2, 0.25) is 0 Å².